The molecule has 120 valence electrons. The second-order valence-corrected chi connectivity index (χ2v) is 7.41. The second-order valence-electron chi connectivity index (χ2n) is 6.14. The third kappa shape index (κ3) is 3.88. The lowest BCUT2D eigenvalue weighted by atomic mass is 9.95. The number of rotatable bonds is 6. The van der Waals surface area contributed by atoms with Gasteiger partial charge in [-0.3, -0.25) is 0 Å². The number of aryl methyl sites for hydroxylation is 1. The summed E-state index contributed by atoms with van der Waals surface area (Å²) in [7, 11) is 0. The van der Waals surface area contributed by atoms with Crippen molar-refractivity contribution >= 4 is 11.3 Å². The molecule has 0 bridgehead atoms. The van der Waals surface area contributed by atoms with E-state index in [4.69, 9.17) is 4.52 Å². The van der Waals surface area contributed by atoms with Crippen LogP contribution in [-0.2, 0) is 0 Å². The molecule has 0 N–H and O–H groups in total. The van der Waals surface area contributed by atoms with Crippen LogP contribution in [0.5, 0.6) is 0 Å². The van der Waals surface area contributed by atoms with Gasteiger partial charge in [0.2, 0.25) is 0 Å². The van der Waals surface area contributed by atoms with Crippen molar-refractivity contribution in [3.8, 4) is 11.3 Å². The highest BCUT2D eigenvalue weighted by atomic mass is 32.1. The number of benzene rings is 1. The Morgan fingerprint density at radius 3 is 2.52 bits per heavy atom. The minimum atomic E-state index is 0.372. The van der Waals surface area contributed by atoms with Crippen LogP contribution in [0.15, 0.2) is 47.1 Å². The van der Waals surface area contributed by atoms with Crippen LogP contribution in [0.1, 0.15) is 54.2 Å². The van der Waals surface area contributed by atoms with Crippen LogP contribution in [0.25, 0.3) is 11.3 Å². The molecule has 0 aliphatic carbocycles. The molecule has 0 aliphatic heterocycles. The van der Waals surface area contributed by atoms with Gasteiger partial charge in [-0.05, 0) is 25.7 Å². The second kappa shape index (κ2) is 7.09. The molecule has 2 heterocycles. The van der Waals surface area contributed by atoms with Crippen molar-refractivity contribution in [3.05, 3.63) is 58.2 Å². The van der Waals surface area contributed by atoms with Gasteiger partial charge in [-0.1, -0.05) is 49.3 Å². The largest absolute Gasteiger partial charge is 0.361 e. The summed E-state index contributed by atoms with van der Waals surface area (Å²) in [6, 6.07) is 12.2. The van der Waals surface area contributed by atoms with E-state index in [1.165, 1.54) is 4.88 Å². The number of aromatic nitrogens is 2. The summed E-state index contributed by atoms with van der Waals surface area (Å²) in [5.41, 5.74) is 2.02. The minimum absolute atomic E-state index is 0.372. The molecular formula is C19H22N2OS. The quantitative estimate of drug-likeness (QED) is 0.575. The van der Waals surface area contributed by atoms with Gasteiger partial charge in [0.1, 0.15) is 11.5 Å². The van der Waals surface area contributed by atoms with E-state index in [1.807, 2.05) is 24.4 Å². The zero-order chi connectivity index (χ0) is 16.2. The van der Waals surface area contributed by atoms with Crippen LogP contribution in [0.2, 0.25) is 0 Å². The minimum Gasteiger partial charge on any atom is -0.361 e. The fourth-order valence-electron chi connectivity index (χ4n) is 2.66. The predicted molar refractivity (Wildman–Crippen MR) is 94.9 cm³/mol. The molecular weight excluding hydrogens is 304 g/mol. The van der Waals surface area contributed by atoms with Gasteiger partial charge in [-0.25, -0.2) is 4.98 Å². The fourth-order valence-corrected chi connectivity index (χ4v) is 3.53. The van der Waals surface area contributed by atoms with Crippen LogP contribution in [0.3, 0.4) is 0 Å². The number of hydrogen-bond acceptors (Lipinski definition) is 4. The molecule has 2 atom stereocenters. The summed E-state index contributed by atoms with van der Waals surface area (Å²) >= 11 is 1.80. The highest BCUT2D eigenvalue weighted by Crippen LogP contribution is 2.31. The van der Waals surface area contributed by atoms with Crippen LogP contribution < -0.4 is 0 Å². The van der Waals surface area contributed by atoms with Gasteiger partial charge in [0.25, 0.3) is 0 Å². The molecule has 2 unspecified atom stereocenters. The molecule has 0 saturated carbocycles. The van der Waals surface area contributed by atoms with E-state index in [1.54, 1.807) is 11.3 Å². The number of thiazole rings is 1. The van der Waals surface area contributed by atoms with E-state index in [9.17, 15) is 0 Å². The number of hydrogen-bond donors (Lipinski definition) is 0. The van der Waals surface area contributed by atoms with Crippen molar-refractivity contribution in [2.45, 2.75) is 45.4 Å². The highest BCUT2D eigenvalue weighted by Gasteiger charge is 2.16. The summed E-state index contributed by atoms with van der Waals surface area (Å²) in [5.74, 6) is 1.88. The van der Waals surface area contributed by atoms with Crippen molar-refractivity contribution in [2.24, 2.45) is 0 Å². The summed E-state index contributed by atoms with van der Waals surface area (Å²) < 4.78 is 5.56. The van der Waals surface area contributed by atoms with E-state index in [0.717, 1.165) is 34.9 Å². The van der Waals surface area contributed by atoms with Crippen molar-refractivity contribution in [2.75, 3.05) is 0 Å². The Kier molecular flexibility index (Phi) is 4.91. The van der Waals surface area contributed by atoms with Gasteiger partial charge in [0.15, 0.2) is 0 Å². The SMILES string of the molecule is Cc1ncc(C(C)CCC(C)c2cc(-c3ccccc3)no2)s1. The summed E-state index contributed by atoms with van der Waals surface area (Å²) in [6.07, 6.45) is 4.23. The van der Waals surface area contributed by atoms with Gasteiger partial charge in [-0.2, -0.15) is 0 Å². The zero-order valence-corrected chi connectivity index (χ0v) is 14.6. The molecule has 3 aromatic rings. The summed E-state index contributed by atoms with van der Waals surface area (Å²) in [5, 5.41) is 5.35. The Hall–Kier alpha value is -1.94. The lowest BCUT2D eigenvalue weighted by Crippen LogP contribution is -1.96. The van der Waals surface area contributed by atoms with Crippen LogP contribution in [-0.4, -0.2) is 10.1 Å². The third-order valence-corrected chi connectivity index (χ3v) is 5.39. The molecule has 4 heteroatoms. The van der Waals surface area contributed by atoms with Crippen LogP contribution >= 0.6 is 11.3 Å². The molecule has 0 aliphatic rings. The Balaban J connectivity index is 1.60. The van der Waals surface area contributed by atoms with Crippen molar-refractivity contribution < 1.29 is 4.52 Å². The first-order valence-corrected chi connectivity index (χ1v) is 8.89. The maximum atomic E-state index is 5.56. The fraction of sp³-hybridized carbons (Fsp3) is 0.368. The van der Waals surface area contributed by atoms with Crippen molar-refractivity contribution in [1.82, 2.24) is 10.1 Å². The lowest BCUT2D eigenvalue weighted by Gasteiger charge is -2.11. The molecule has 0 fully saturated rings. The van der Waals surface area contributed by atoms with E-state index >= 15 is 0 Å². The average molecular weight is 326 g/mol. The van der Waals surface area contributed by atoms with E-state index in [0.29, 0.717) is 11.8 Å². The van der Waals surface area contributed by atoms with Crippen LogP contribution in [0, 0.1) is 6.92 Å². The molecule has 3 rings (SSSR count). The van der Waals surface area contributed by atoms with Gasteiger partial charge >= 0.3 is 0 Å². The summed E-state index contributed by atoms with van der Waals surface area (Å²) in [4.78, 5) is 5.72. The van der Waals surface area contributed by atoms with Gasteiger partial charge < -0.3 is 4.52 Å². The maximum Gasteiger partial charge on any atom is 0.140 e. The standard InChI is InChI=1S/C19H22N2OS/c1-13(9-10-14(2)19-12-20-15(3)23-19)18-11-17(21-22-18)16-7-5-4-6-8-16/h4-8,11-14H,9-10H2,1-3H3. The first-order valence-electron chi connectivity index (χ1n) is 8.08. The topological polar surface area (TPSA) is 38.9 Å². The third-order valence-electron chi connectivity index (χ3n) is 4.24. The smallest absolute Gasteiger partial charge is 0.140 e. The predicted octanol–water partition coefficient (Wildman–Crippen LogP) is 5.79. The zero-order valence-electron chi connectivity index (χ0n) is 13.8. The normalized spacial score (nSPS) is 13.9. The molecule has 23 heavy (non-hydrogen) atoms. The Bertz CT molecular complexity index is 748. The first-order chi connectivity index (χ1) is 11.1. The van der Waals surface area contributed by atoms with Crippen molar-refractivity contribution in [3.63, 3.8) is 0 Å². The van der Waals surface area contributed by atoms with E-state index < -0.39 is 0 Å². The molecule has 0 amide bonds. The van der Waals surface area contributed by atoms with Crippen LogP contribution in [0.4, 0.5) is 0 Å². The molecule has 1 aromatic carbocycles. The van der Waals surface area contributed by atoms with Gasteiger partial charge in [0, 0.05) is 28.6 Å². The molecule has 3 nitrogen and oxygen atoms in total. The first kappa shape index (κ1) is 15.9. The Labute approximate surface area is 141 Å². The lowest BCUT2D eigenvalue weighted by molar-refractivity contribution is 0.357. The van der Waals surface area contributed by atoms with E-state index in [2.05, 4.69) is 49.1 Å². The molecule has 2 aromatic heterocycles. The monoisotopic (exact) mass is 326 g/mol. The molecule has 0 spiro atoms. The van der Waals surface area contributed by atoms with Crippen molar-refractivity contribution in [1.29, 1.82) is 0 Å². The Morgan fingerprint density at radius 2 is 1.83 bits per heavy atom. The number of nitrogens with zero attached hydrogens (tertiary/aromatic N) is 2. The molecule has 0 radical (unpaired) electrons. The van der Waals surface area contributed by atoms with Gasteiger partial charge in [-0.15, -0.1) is 11.3 Å². The highest BCUT2D eigenvalue weighted by molar-refractivity contribution is 7.11. The average Bonchev–Trinajstić information content (AvgIpc) is 3.22. The van der Waals surface area contributed by atoms with E-state index in [-0.39, 0.29) is 0 Å². The Morgan fingerprint density at radius 1 is 1.09 bits per heavy atom. The molecule has 0 saturated heterocycles. The maximum absolute atomic E-state index is 5.56. The van der Waals surface area contributed by atoms with Gasteiger partial charge in [0.05, 0.1) is 5.01 Å². The summed E-state index contributed by atoms with van der Waals surface area (Å²) in [6.45, 7) is 6.54.